The Labute approximate surface area is 137 Å². The van der Waals surface area contributed by atoms with Crippen molar-refractivity contribution < 1.29 is 4.79 Å². The standard InChI is InChI=1S/C17H14N2OS2/c20-15-11-22-17(16-18-7-8-21-16)19(15)10-12-5-6-13-3-1-2-4-14(13)9-12/h1-9,17H,10-11H2. The van der Waals surface area contributed by atoms with Crippen molar-refractivity contribution in [3.63, 3.8) is 0 Å². The Balaban J connectivity index is 1.63. The lowest BCUT2D eigenvalue weighted by molar-refractivity contribution is -0.128. The maximum atomic E-state index is 12.2. The van der Waals surface area contributed by atoms with Crippen molar-refractivity contribution in [2.75, 3.05) is 5.75 Å². The van der Waals surface area contributed by atoms with Gasteiger partial charge in [-0.25, -0.2) is 4.98 Å². The van der Waals surface area contributed by atoms with E-state index in [1.54, 1.807) is 29.3 Å². The van der Waals surface area contributed by atoms with Crippen molar-refractivity contribution in [1.29, 1.82) is 0 Å². The third-order valence-corrected chi connectivity index (χ3v) is 5.98. The number of aromatic nitrogens is 1. The van der Waals surface area contributed by atoms with Crippen molar-refractivity contribution in [3.05, 3.63) is 64.6 Å². The second-order valence-electron chi connectivity index (χ2n) is 5.24. The summed E-state index contributed by atoms with van der Waals surface area (Å²) in [5, 5.41) is 5.47. The van der Waals surface area contributed by atoms with Crippen LogP contribution in [0.5, 0.6) is 0 Å². The first kappa shape index (κ1) is 13.8. The van der Waals surface area contributed by atoms with E-state index in [-0.39, 0.29) is 11.3 Å². The molecule has 5 heteroatoms. The quantitative estimate of drug-likeness (QED) is 0.727. The second kappa shape index (κ2) is 5.74. The summed E-state index contributed by atoms with van der Waals surface area (Å²) in [5.74, 6) is 0.732. The van der Waals surface area contributed by atoms with E-state index in [9.17, 15) is 4.79 Å². The molecule has 1 fully saturated rings. The smallest absolute Gasteiger partial charge is 0.234 e. The van der Waals surface area contributed by atoms with Gasteiger partial charge in [0.1, 0.15) is 10.4 Å². The van der Waals surface area contributed by atoms with E-state index in [4.69, 9.17) is 0 Å². The van der Waals surface area contributed by atoms with Crippen LogP contribution < -0.4 is 0 Å². The number of nitrogens with zero attached hydrogens (tertiary/aromatic N) is 2. The molecular formula is C17H14N2OS2. The Bertz CT molecular complexity index is 816. The highest BCUT2D eigenvalue weighted by Crippen LogP contribution is 2.40. The number of amides is 1. The molecule has 4 rings (SSSR count). The fraction of sp³-hybridized carbons (Fsp3) is 0.176. The predicted molar refractivity (Wildman–Crippen MR) is 91.8 cm³/mol. The van der Waals surface area contributed by atoms with Crippen LogP contribution in [0.25, 0.3) is 10.8 Å². The van der Waals surface area contributed by atoms with Crippen molar-refractivity contribution in [2.45, 2.75) is 11.9 Å². The minimum atomic E-state index is 0.0546. The van der Waals surface area contributed by atoms with Gasteiger partial charge in [-0.05, 0) is 22.4 Å². The summed E-state index contributed by atoms with van der Waals surface area (Å²) in [6.45, 7) is 0.640. The summed E-state index contributed by atoms with van der Waals surface area (Å²) in [4.78, 5) is 18.5. The Morgan fingerprint density at radius 2 is 2.05 bits per heavy atom. The average molecular weight is 326 g/mol. The first-order valence-corrected chi connectivity index (χ1v) is 9.02. The molecule has 0 radical (unpaired) electrons. The number of fused-ring (bicyclic) bond motifs is 1. The first-order valence-electron chi connectivity index (χ1n) is 7.09. The number of benzene rings is 2. The topological polar surface area (TPSA) is 33.2 Å². The zero-order chi connectivity index (χ0) is 14.9. The molecule has 1 atom stereocenters. The maximum absolute atomic E-state index is 12.2. The van der Waals surface area contributed by atoms with Gasteiger partial charge in [0.25, 0.3) is 0 Å². The molecule has 2 heterocycles. The molecule has 110 valence electrons. The molecule has 0 bridgehead atoms. The van der Waals surface area contributed by atoms with Gasteiger partial charge in [0.2, 0.25) is 5.91 Å². The van der Waals surface area contributed by atoms with Crippen molar-refractivity contribution in [2.24, 2.45) is 0 Å². The summed E-state index contributed by atoms with van der Waals surface area (Å²) in [6, 6.07) is 14.7. The van der Waals surface area contributed by atoms with E-state index in [0.29, 0.717) is 12.3 Å². The van der Waals surface area contributed by atoms with Crippen LogP contribution in [0.15, 0.2) is 54.0 Å². The molecule has 1 unspecified atom stereocenters. The number of thiazole rings is 1. The van der Waals surface area contributed by atoms with Gasteiger partial charge in [0.05, 0.1) is 5.75 Å². The molecule has 1 aliphatic rings. The molecule has 0 aliphatic carbocycles. The number of hydrogen-bond donors (Lipinski definition) is 0. The highest BCUT2D eigenvalue weighted by Gasteiger charge is 2.34. The fourth-order valence-electron chi connectivity index (χ4n) is 2.72. The van der Waals surface area contributed by atoms with Gasteiger partial charge in [0.15, 0.2) is 0 Å². The lowest BCUT2D eigenvalue weighted by Crippen LogP contribution is -2.27. The molecule has 2 aromatic carbocycles. The van der Waals surface area contributed by atoms with E-state index in [0.717, 1.165) is 10.6 Å². The largest absolute Gasteiger partial charge is 0.319 e. The minimum Gasteiger partial charge on any atom is -0.319 e. The summed E-state index contributed by atoms with van der Waals surface area (Å²) in [6.07, 6.45) is 1.80. The van der Waals surface area contributed by atoms with Crippen LogP contribution in [-0.2, 0) is 11.3 Å². The van der Waals surface area contributed by atoms with Crippen LogP contribution in [0, 0.1) is 0 Å². The Hall–Kier alpha value is -1.85. The maximum Gasteiger partial charge on any atom is 0.234 e. The van der Waals surface area contributed by atoms with Crippen LogP contribution in [0.4, 0.5) is 0 Å². The lowest BCUT2D eigenvalue weighted by Gasteiger charge is -2.22. The highest BCUT2D eigenvalue weighted by molar-refractivity contribution is 8.00. The van der Waals surface area contributed by atoms with Gasteiger partial charge in [0, 0.05) is 18.1 Å². The lowest BCUT2D eigenvalue weighted by atomic mass is 10.1. The van der Waals surface area contributed by atoms with E-state index in [1.807, 2.05) is 22.4 Å². The van der Waals surface area contributed by atoms with E-state index >= 15 is 0 Å². The monoisotopic (exact) mass is 326 g/mol. The fourth-order valence-corrected chi connectivity index (χ4v) is 4.76. The Kier molecular flexibility index (Phi) is 3.60. The molecule has 22 heavy (non-hydrogen) atoms. The van der Waals surface area contributed by atoms with Crippen LogP contribution in [-0.4, -0.2) is 21.5 Å². The van der Waals surface area contributed by atoms with Gasteiger partial charge in [-0.15, -0.1) is 23.1 Å². The highest BCUT2D eigenvalue weighted by atomic mass is 32.2. The van der Waals surface area contributed by atoms with E-state index in [2.05, 4.69) is 35.3 Å². The van der Waals surface area contributed by atoms with E-state index < -0.39 is 0 Å². The Morgan fingerprint density at radius 1 is 1.18 bits per heavy atom. The third kappa shape index (κ3) is 2.51. The molecule has 0 saturated carbocycles. The summed E-state index contributed by atoms with van der Waals surface area (Å²) < 4.78 is 0. The van der Waals surface area contributed by atoms with Crippen LogP contribution in [0.1, 0.15) is 15.9 Å². The predicted octanol–water partition coefficient (Wildman–Crippen LogP) is 4.07. The third-order valence-electron chi connectivity index (χ3n) is 3.80. The molecule has 3 aromatic rings. The number of rotatable bonds is 3. The minimum absolute atomic E-state index is 0.0546. The SMILES string of the molecule is O=C1CSC(c2nccs2)N1Cc1ccc2ccccc2c1. The summed E-state index contributed by atoms with van der Waals surface area (Å²) >= 11 is 3.28. The van der Waals surface area contributed by atoms with Gasteiger partial charge in [-0.2, -0.15) is 0 Å². The van der Waals surface area contributed by atoms with Crippen molar-refractivity contribution in [3.8, 4) is 0 Å². The molecule has 1 saturated heterocycles. The molecule has 0 N–H and O–H groups in total. The summed E-state index contributed by atoms with van der Waals surface area (Å²) in [5.41, 5.74) is 1.16. The molecule has 3 nitrogen and oxygen atoms in total. The van der Waals surface area contributed by atoms with Crippen molar-refractivity contribution >= 4 is 39.8 Å². The Morgan fingerprint density at radius 3 is 2.86 bits per heavy atom. The molecular weight excluding hydrogens is 312 g/mol. The van der Waals surface area contributed by atoms with Gasteiger partial charge in [-0.1, -0.05) is 36.4 Å². The second-order valence-corrected chi connectivity index (χ2v) is 7.23. The van der Waals surface area contributed by atoms with Gasteiger partial charge < -0.3 is 4.90 Å². The van der Waals surface area contributed by atoms with Crippen molar-refractivity contribution in [1.82, 2.24) is 9.88 Å². The average Bonchev–Trinajstić information content (AvgIpc) is 3.18. The number of thioether (sulfide) groups is 1. The van der Waals surface area contributed by atoms with E-state index in [1.165, 1.54) is 10.8 Å². The molecule has 1 aliphatic heterocycles. The molecule has 0 spiro atoms. The first-order chi connectivity index (χ1) is 10.8. The van der Waals surface area contributed by atoms with Gasteiger partial charge in [-0.3, -0.25) is 4.79 Å². The zero-order valence-electron chi connectivity index (χ0n) is 11.8. The number of carbonyl (C=O) groups excluding carboxylic acids is 1. The number of carbonyl (C=O) groups is 1. The zero-order valence-corrected chi connectivity index (χ0v) is 13.4. The van der Waals surface area contributed by atoms with Gasteiger partial charge >= 0.3 is 0 Å². The molecule has 1 amide bonds. The summed E-state index contributed by atoms with van der Waals surface area (Å²) in [7, 11) is 0. The van der Waals surface area contributed by atoms with Crippen LogP contribution in [0.3, 0.4) is 0 Å². The number of hydrogen-bond acceptors (Lipinski definition) is 4. The van der Waals surface area contributed by atoms with Crippen LogP contribution in [0.2, 0.25) is 0 Å². The normalized spacial score (nSPS) is 18.3. The van der Waals surface area contributed by atoms with Crippen LogP contribution >= 0.6 is 23.1 Å². The molecule has 1 aromatic heterocycles.